The van der Waals surface area contributed by atoms with Crippen LogP contribution in [0.25, 0.3) is 21.9 Å². The Labute approximate surface area is 169 Å². The number of rotatable bonds is 5. The summed E-state index contributed by atoms with van der Waals surface area (Å²) >= 11 is 0. The molecule has 1 unspecified atom stereocenters. The van der Waals surface area contributed by atoms with E-state index in [1.54, 1.807) is 0 Å². The van der Waals surface area contributed by atoms with Crippen molar-refractivity contribution in [3.63, 3.8) is 0 Å². The van der Waals surface area contributed by atoms with Gasteiger partial charge in [0.05, 0.1) is 17.0 Å². The van der Waals surface area contributed by atoms with Crippen molar-refractivity contribution in [3.05, 3.63) is 60.3 Å². The molecule has 4 aromatic rings. The van der Waals surface area contributed by atoms with Crippen molar-refractivity contribution in [2.75, 3.05) is 24.5 Å². The van der Waals surface area contributed by atoms with E-state index in [1.165, 1.54) is 10.9 Å². The van der Waals surface area contributed by atoms with E-state index in [0.29, 0.717) is 13.1 Å². The first kappa shape index (κ1) is 17.8. The van der Waals surface area contributed by atoms with E-state index < -0.39 is 0 Å². The number of hydrogen-bond acceptors (Lipinski definition) is 3. The van der Waals surface area contributed by atoms with Crippen LogP contribution in [0, 0.1) is 5.92 Å². The summed E-state index contributed by atoms with van der Waals surface area (Å²) in [6.45, 7) is 2.29. The van der Waals surface area contributed by atoms with E-state index in [0.717, 1.165) is 48.3 Å². The summed E-state index contributed by atoms with van der Waals surface area (Å²) in [4.78, 5) is 26.3. The number of anilines is 1. The molecule has 6 nitrogen and oxygen atoms in total. The fourth-order valence-electron chi connectivity index (χ4n) is 4.28. The fraction of sp³-hybridized carbons (Fsp3) is 0.304. The quantitative estimate of drug-likeness (QED) is 0.489. The van der Waals surface area contributed by atoms with Gasteiger partial charge in [-0.2, -0.15) is 0 Å². The number of hydrogen-bond donors (Lipinski definition) is 3. The molecule has 1 aliphatic rings. The number of piperidine rings is 1. The number of aromatic amines is 2. The molecule has 0 spiro atoms. The van der Waals surface area contributed by atoms with Crippen LogP contribution in [0.5, 0.6) is 0 Å². The van der Waals surface area contributed by atoms with Crippen molar-refractivity contribution in [2.24, 2.45) is 5.92 Å². The van der Waals surface area contributed by atoms with Gasteiger partial charge in [0, 0.05) is 36.7 Å². The molecule has 29 heavy (non-hydrogen) atoms. The van der Waals surface area contributed by atoms with Crippen LogP contribution >= 0.6 is 0 Å². The van der Waals surface area contributed by atoms with E-state index in [4.69, 9.17) is 4.98 Å². The van der Waals surface area contributed by atoms with Crippen LogP contribution in [0.3, 0.4) is 0 Å². The second-order valence-corrected chi connectivity index (χ2v) is 7.76. The number of nitrogens with zero attached hydrogens (tertiary/aromatic N) is 2. The molecule has 1 saturated heterocycles. The monoisotopic (exact) mass is 387 g/mol. The molecule has 148 valence electrons. The van der Waals surface area contributed by atoms with Gasteiger partial charge in [-0.1, -0.05) is 30.3 Å². The second-order valence-electron chi connectivity index (χ2n) is 7.76. The first-order valence-electron chi connectivity index (χ1n) is 10.3. The van der Waals surface area contributed by atoms with E-state index >= 15 is 0 Å². The molecular formula is C23H25N5O. The zero-order chi connectivity index (χ0) is 19.6. The van der Waals surface area contributed by atoms with Gasteiger partial charge in [-0.3, -0.25) is 4.79 Å². The summed E-state index contributed by atoms with van der Waals surface area (Å²) in [6, 6.07) is 16.3. The topological polar surface area (TPSA) is 76.8 Å². The molecule has 3 N–H and O–H groups in total. The lowest BCUT2D eigenvalue weighted by Crippen LogP contribution is -2.43. The van der Waals surface area contributed by atoms with E-state index in [9.17, 15) is 4.79 Å². The number of aromatic nitrogens is 3. The van der Waals surface area contributed by atoms with Gasteiger partial charge in [0.25, 0.3) is 0 Å². The molecule has 1 amide bonds. The molecule has 0 bridgehead atoms. The minimum atomic E-state index is -0.0000637. The van der Waals surface area contributed by atoms with E-state index in [2.05, 4.69) is 32.3 Å². The summed E-state index contributed by atoms with van der Waals surface area (Å²) in [6.07, 6.45) is 4.80. The van der Waals surface area contributed by atoms with Gasteiger partial charge in [0.15, 0.2) is 0 Å². The van der Waals surface area contributed by atoms with E-state index in [-0.39, 0.29) is 11.8 Å². The smallest absolute Gasteiger partial charge is 0.224 e. The van der Waals surface area contributed by atoms with Crippen molar-refractivity contribution >= 4 is 33.8 Å². The molecule has 1 aliphatic heterocycles. The second kappa shape index (κ2) is 7.62. The molecular weight excluding hydrogens is 362 g/mol. The number of para-hydroxylation sites is 3. The molecule has 2 aromatic heterocycles. The third-order valence-electron chi connectivity index (χ3n) is 5.84. The van der Waals surface area contributed by atoms with Gasteiger partial charge >= 0.3 is 0 Å². The molecule has 0 radical (unpaired) electrons. The van der Waals surface area contributed by atoms with Gasteiger partial charge in [-0.05, 0) is 43.0 Å². The number of nitrogens with one attached hydrogen (secondary N) is 3. The SMILES string of the molecule is O=C(NCCc1c[nH]c2ccccc12)C1CCCN(c2nc3ccccc3[nH]2)C1. The van der Waals surface area contributed by atoms with Gasteiger partial charge in [-0.25, -0.2) is 4.98 Å². The maximum atomic E-state index is 12.8. The van der Waals surface area contributed by atoms with Crippen molar-refractivity contribution in [1.29, 1.82) is 0 Å². The Kier molecular flexibility index (Phi) is 4.68. The Balaban J connectivity index is 1.19. The summed E-state index contributed by atoms with van der Waals surface area (Å²) < 4.78 is 0. The first-order chi connectivity index (χ1) is 14.3. The standard InChI is InChI=1S/C23H25N5O/c29-22(24-12-11-16-14-25-19-8-2-1-7-18(16)19)17-6-5-13-28(15-17)23-26-20-9-3-4-10-21(20)27-23/h1-4,7-10,14,17,25H,5-6,11-13,15H2,(H,24,29)(H,26,27). The van der Waals surface area contributed by atoms with Crippen molar-refractivity contribution < 1.29 is 4.79 Å². The van der Waals surface area contributed by atoms with Crippen molar-refractivity contribution in [1.82, 2.24) is 20.3 Å². The third-order valence-corrected chi connectivity index (χ3v) is 5.84. The highest BCUT2D eigenvalue weighted by Crippen LogP contribution is 2.24. The summed E-state index contributed by atoms with van der Waals surface area (Å²) in [5.41, 5.74) is 4.39. The minimum Gasteiger partial charge on any atom is -0.361 e. The van der Waals surface area contributed by atoms with E-state index in [1.807, 2.05) is 42.6 Å². The molecule has 1 atom stereocenters. The first-order valence-corrected chi connectivity index (χ1v) is 10.3. The summed E-state index contributed by atoms with van der Waals surface area (Å²) in [7, 11) is 0. The number of fused-ring (bicyclic) bond motifs is 2. The Morgan fingerprint density at radius 1 is 1.14 bits per heavy atom. The maximum absolute atomic E-state index is 12.8. The molecule has 2 aromatic carbocycles. The average molecular weight is 387 g/mol. The van der Waals surface area contributed by atoms with Crippen LogP contribution in [-0.4, -0.2) is 40.5 Å². The van der Waals surface area contributed by atoms with Crippen LogP contribution in [0.1, 0.15) is 18.4 Å². The van der Waals surface area contributed by atoms with Crippen molar-refractivity contribution in [2.45, 2.75) is 19.3 Å². The van der Waals surface area contributed by atoms with Crippen LogP contribution in [-0.2, 0) is 11.2 Å². The van der Waals surface area contributed by atoms with Crippen molar-refractivity contribution in [3.8, 4) is 0 Å². The Morgan fingerprint density at radius 2 is 1.97 bits per heavy atom. The Bertz CT molecular complexity index is 1110. The highest BCUT2D eigenvalue weighted by Gasteiger charge is 2.27. The maximum Gasteiger partial charge on any atom is 0.224 e. The zero-order valence-corrected chi connectivity index (χ0v) is 16.3. The predicted octanol–water partition coefficient (Wildman–Crippen LogP) is 3.62. The lowest BCUT2D eigenvalue weighted by Gasteiger charge is -2.31. The predicted molar refractivity (Wildman–Crippen MR) is 116 cm³/mol. The fourth-order valence-corrected chi connectivity index (χ4v) is 4.28. The van der Waals surface area contributed by atoms with Crippen LogP contribution in [0.15, 0.2) is 54.7 Å². The molecule has 3 heterocycles. The summed E-state index contributed by atoms with van der Waals surface area (Å²) in [5, 5.41) is 4.38. The molecule has 0 aliphatic carbocycles. The largest absolute Gasteiger partial charge is 0.361 e. The van der Waals surface area contributed by atoms with Gasteiger partial charge in [0.1, 0.15) is 0 Å². The Hall–Kier alpha value is -3.28. The zero-order valence-electron chi connectivity index (χ0n) is 16.3. The third kappa shape index (κ3) is 3.58. The number of carbonyl (C=O) groups excluding carboxylic acids is 1. The molecule has 6 heteroatoms. The summed E-state index contributed by atoms with van der Waals surface area (Å²) in [5.74, 6) is 1.01. The Morgan fingerprint density at radius 3 is 2.86 bits per heavy atom. The van der Waals surface area contributed by atoms with Gasteiger partial charge in [0.2, 0.25) is 11.9 Å². The molecule has 0 saturated carbocycles. The minimum absolute atomic E-state index is 0.0000637. The average Bonchev–Trinajstić information content (AvgIpc) is 3.38. The number of benzene rings is 2. The molecule has 5 rings (SSSR count). The number of imidazole rings is 1. The normalized spacial score (nSPS) is 17.1. The lowest BCUT2D eigenvalue weighted by molar-refractivity contribution is -0.125. The number of carbonyl (C=O) groups is 1. The van der Waals surface area contributed by atoms with Crippen LogP contribution in [0.2, 0.25) is 0 Å². The highest BCUT2D eigenvalue weighted by atomic mass is 16.1. The van der Waals surface area contributed by atoms with Gasteiger partial charge in [-0.15, -0.1) is 0 Å². The number of amides is 1. The lowest BCUT2D eigenvalue weighted by atomic mass is 9.97. The van der Waals surface area contributed by atoms with Crippen LogP contribution < -0.4 is 10.2 Å². The van der Waals surface area contributed by atoms with Crippen LogP contribution in [0.4, 0.5) is 5.95 Å². The van der Waals surface area contributed by atoms with Gasteiger partial charge < -0.3 is 20.2 Å². The highest BCUT2D eigenvalue weighted by molar-refractivity contribution is 5.83. The molecule has 1 fully saturated rings. The number of H-pyrrole nitrogens is 2.